The minimum absolute atomic E-state index is 0.162. The van der Waals surface area contributed by atoms with E-state index in [1.807, 2.05) is 6.07 Å². The number of carbonyl (C=O) groups is 1. The quantitative estimate of drug-likeness (QED) is 0.890. The zero-order valence-corrected chi connectivity index (χ0v) is 11.5. The number of nitrogens with one attached hydrogen (secondary N) is 2. The first-order valence-corrected chi connectivity index (χ1v) is 6.39. The molecule has 0 unspecified atom stereocenters. The minimum Gasteiger partial charge on any atom is -0.468 e. The van der Waals surface area contributed by atoms with Gasteiger partial charge in [0.15, 0.2) is 0 Å². The van der Waals surface area contributed by atoms with Crippen molar-refractivity contribution in [3.8, 4) is 0 Å². The minimum atomic E-state index is -0.162. The van der Waals surface area contributed by atoms with E-state index in [4.69, 9.17) is 27.6 Å². The van der Waals surface area contributed by atoms with Crippen LogP contribution < -0.4 is 10.6 Å². The van der Waals surface area contributed by atoms with Gasteiger partial charge in [0.2, 0.25) is 5.91 Å². The summed E-state index contributed by atoms with van der Waals surface area (Å²) < 4.78 is 5.14. The Labute approximate surface area is 120 Å². The van der Waals surface area contributed by atoms with Crippen molar-refractivity contribution in [3.05, 3.63) is 52.4 Å². The Morgan fingerprint density at radius 2 is 2.05 bits per heavy atom. The summed E-state index contributed by atoms with van der Waals surface area (Å²) in [6.45, 7) is 0.683. The number of hydrogen-bond acceptors (Lipinski definition) is 3. The van der Waals surface area contributed by atoms with Gasteiger partial charge in [0.1, 0.15) is 5.76 Å². The fourth-order valence-electron chi connectivity index (χ4n) is 1.49. The van der Waals surface area contributed by atoms with Gasteiger partial charge in [-0.3, -0.25) is 4.79 Å². The van der Waals surface area contributed by atoms with E-state index in [9.17, 15) is 4.79 Å². The second kappa shape index (κ2) is 6.61. The molecule has 0 radical (unpaired) electrons. The standard InChI is InChI=1S/C13H12Cl2N2O2/c14-11-4-3-9(6-12(11)15)17-13(18)8-16-7-10-2-1-5-19-10/h1-6,16H,7-8H2,(H,17,18). The smallest absolute Gasteiger partial charge is 0.238 e. The van der Waals surface area contributed by atoms with Crippen molar-refractivity contribution in [2.75, 3.05) is 11.9 Å². The van der Waals surface area contributed by atoms with Gasteiger partial charge in [0.25, 0.3) is 0 Å². The molecule has 1 amide bonds. The summed E-state index contributed by atoms with van der Waals surface area (Å²) in [7, 11) is 0. The lowest BCUT2D eigenvalue weighted by atomic mass is 10.3. The molecule has 0 spiro atoms. The third kappa shape index (κ3) is 4.28. The highest BCUT2D eigenvalue weighted by atomic mass is 35.5. The molecule has 0 aliphatic heterocycles. The van der Waals surface area contributed by atoms with Crippen LogP contribution in [0.5, 0.6) is 0 Å². The summed E-state index contributed by atoms with van der Waals surface area (Å²) in [6, 6.07) is 8.57. The maximum absolute atomic E-state index is 11.7. The van der Waals surface area contributed by atoms with Gasteiger partial charge in [-0.05, 0) is 30.3 Å². The van der Waals surface area contributed by atoms with Crippen LogP contribution in [0.4, 0.5) is 5.69 Å². The molecule has 2 N–H and O–H groups in total. The average Bonchev–Trinajstić information content (AvgIpc) is 2.87. The van der Waals surface area contributed by atoms with Crippen molar-refractivity contribution in [1.82, 2.24) is 5.32 Å². The van der Waals surface area contributed by atoms with Crippen molar-refractivity contribution in [1.29, 1.82) is 0 Å². The molecule has 19 heavy (non-hydrogen) atoms. The van der Waals surface area contributed by atoms with Crippen LogP contribution in [0.15, 0.2) is 41.0 Å². The highest BCUT2D eigenvalue weighted by Gasteiger charge is 2.04. The summed E-state index contributed by atoms with van der Waals surface area (Å²) in [5, 5.41) is 6.54. The molecule has 0 fully saturated rings. The molecule has 0 saturated heterocycles. The molecular formula is C13H12Cl2N2O2. The Kier molecular flexibility index (Phi) is 4.85. The number of rotatable bonds is 5. The van der Waals surface area contributed by atoms with E-state index in [-0.39, 0.29) is 12.5 Å². The molecule has 1 aromatic carbocycles. The van der Waals surface area contributed by atoms with E-state index in [0.29, 0.717) is 22.3 Å². The molecule has 0 bridgehead atoms. The third-order valence-electron chi connectivity index (χ3n) is 2.37. The number of anilines is 1. The molecule has 0 aliphatic carbocycles. The van der Waals surface area contributed by atoms with E-state index in [1.165, 1.54) is 0 Å². The van der Waals surface area contributed by atoms with Crippen molar-refractivity contribution >= 4 is 34.8 Å². The fourth-order valence-corrected chi connectivity index (χ4v) is 1.79. The van der Waals surface area contributed by atoms with E-state index in [2.05, 4.69) is 10.6 Å². The van der Waals surface area contributed by atoms with Gasteiger partial charge < -0.3 is 15.1 Å². The summed E-state index contributed by atoms with van der Waals surface area (Å²) in [5.74, 6) is 0.618. The monoisotopic (exact) mass is 298 g/mol. The predicted octanol–water partition coefficient (Wildman–Crippen LogP) is 3.31. The Hall–Kier alpha value is -1.49. The van der Waals surface area contributed by atoms with Gasteiger partial charge in [-0.2, -0.15) is 0 Å². The Bertz CT molecular complexity index is 556. The number of amides is 1. The van der Waals surface area contributed by atoms with E-state index < -0.39 is 0 Å². The first-order chi connectivity index (χ1) is 9.15. The lowest BCUT2D eigenvalue weighted by Gasteiger charge is -2.06. The van der Waals surface area contributed by atoms with E-state index >= 15 is 0 Å². The highest BCUT2D eigenvalue weighted by molar-refractivity contribution is 6.42. The third-order valence-corrected chi connectivity index (χ3v) is 3.11. The van der Waals surface area contributed by atoms with Crippen molar-refractivity contribution in [3.63, 3.8) is 0 Å². The Morgan fingerprint density at radius 3 is 2.74 bits per heavy atom. The lowest BCUT2D eigenvalue weighted by Crippen LogP contribution is -2.27. The molecule has 4 nitrogen and oxygen atoms in total. The Morgan fingerprint density at radius 1 is 1.21 bits per heavy atom. The highest BCUT2D eigenvalue weighted by Crippen LogP contribution is 2.24. The largest absolute Gasteiger partial charge is 0.468 e. The number of halogens is 2. The number of benzene rings is 1. The van der Waals surface area contributed by atoms with Gasteiger partial charge in [0, 0.05) is 5.69 Å². The number of hydrogen-bond donors (Lipinski definition) is 2. The van der Waals surface area contributed by atoms with Crippen LogP contribution in [0.2, 0.25) is 10.0 Å². The van der Waals surface area contributed by atoms with Crippen molar-refractivity contribution < 1.29 is 9.21 Å². The van der Waals surface area contributed by atoms with Crippen LogP contribution in [0.25, 0.3) is 0 Å². The molecule has 100 valence electrons. The molecule has 0 saturated carbocycles. The Balaban J connectivity index is 1.79. The number of carbonyl (C=O) groups excluding carboxylic acids is 1. The summed E-state index contributed by atoms with van der Waals surface area (Å²) in [5.41, 5.74) is 0.610. The maximum atomic E-state index is 11.7. The lowest BCUT2D eigenvalue weighted by molar-refractivity contribution is -0.115. The second-order valence-corrected chi connectivity index (χ2v) is 4.67. The predicted molar refractivity (Wildman–Crippen MR) is 75.5 cm³/mol. The molecular weight excluding hydrogens is 287 g/mol. The van der Waals surface area contributed by atoms with Crippen LogP contribution in [0.3, 0.4) is 0 Å². The molecule has 2 rings (SSSR count). The topological polar surface area (TPSA) is 54.3 Å². The molecule has 0 aliphatic rings. The van der Waals surface area contributed by atoms with Gasteiger partial charge in [0.05, 0.1) is 29.4 Å². The van der Waals surface area contributed by atoms with Gasteiger partial charge in [-0.15, -0.1) is 0 Å². The zero-order chi connectivity index (χ0) is 13.7. The van der Waals surface area contributed by atoms with Crippen LogP contribution in [0.1, 0.15) is 5.76 Å². The molecule has 0 atom stereocenters. The molecule has 6 heteroatoms. The van der Waals surface area contributed by atoms with Gasteiger partial charge in [-0.1, -0.05) is 23.2 Å². The molecule has 2 aromatic rings. The van der Waals surface area contributed by atoms with Crippen LogP contribution >= 0.6 is 23.2 Å². The van der Waals surface area contributed by atoms with Crippen LogP contribution in [-0.4, -0.2) is 12.5 Å². The van der Waals surface area contributed by atoms with Crippen LogP contribution in [0, 0.1) is 0 Å². The zero-order valence-electron chi connectivity index (χ0n) is 9.95. The summed E-state index contributed by atoms with van der Waals surface area (Å²) in [6.07, 6.45) is 1.59. The maximum Gasteiger partial charge on any atom is 0.238 e. The van der Waals surface area contributed by atoms with Crippen LogP contribution in [-0.2, 0) is 11.3 Å². The SMILES string of the molecule is O=C(CNCc1ccco1)Nc1ccc(Cl)c(Cl)c1. The van der Waals surface area contributed by atoms with Crippen molar-refractivity contribution in [2.24, 2.45) is 0 Å². The first-order valence-electron chi connectivity index (χ1n) is 5.63. The average molecular weight is 299 g/mol. The van der Waals surface area contributed by atoms with Crippen molar-refractivity contribution in [2.45, 2.75) is 6.54 Å². The fraction of sp³-hybridized carbons (Fsp3) is 0.154. The molecule has 1 heterocycles. The normalized spacial score (nSPS) is 10.4. The summed E-state index contributed by atoms with van der Waals surface area (Å²) >= 11 is 11.6. The van der Waals surface area contributed by atoms with Gasteiger partial charge >= 0.3 is 0 Å². The van der Waals surface area contributed by atoms with Gasteiger partial charge in [-0.25, -0.2) is 0 Å². The first kappa shape index (κ1) is 13.9. The van der Waals surface area contributed by atoms with E-state index in [1.54, 1.807) is 30.5 Å². The number of furan rings is 1. The summed E-state index contributed by atoms with van der Waals surface area (Å²) in [4.78, 5) is 11.7. The van der Waals surface area contributed by atoms with E-state index in [0.717, 1.165) is 5.76 Å². The molecule has 1 aromatic heterocycles. The second-order valence-electron chi connectivity index (χ2n) is 3.86.